The van der Waals surface area contributed by atoms with Crippen molar-refractivity contribution in [2.75, 3.05) is 18.2 Å². The van der Waals surface area contributed by atoms with Crippen LogP contribution < -0.4 is 9.64 Å². The van der Waals surface area contributed by atoms with Gasteiger partial charge in [0.05, 0.1) is 0 Å². The van der Waals surface area contributed by atoms with Gasteiger partial charge in [0.15, 0.2) is 0 Å². The monoisotopic (exact) mass is 383 g/mol. The summed E-state index contributed by atoms with van der Waals surface area (Å²) in [4.78, 5) is 2.23. The molecule has 0 atom stereocenters. The summed E-state index contributed by atoms with van der Waals surface area (Å²) in [6, 6.07) is 36.8. The summed E-state index contributed by atoms with van der Waals surface area (Å²) in [5, 5.41) is 0. The van der Waals surface area contributed by atoms with Gasteiger partial charge >= 0.3 is 0 Å². The van der Waals surface area contributed by atoms with Gasteiger partial charge in [0.25, 0.3) is 0 Å². The number of ether oxygens (including phenoxy) is 1. The number of hydrogen-bond donors (Lipinski definition) is 0. The largest absolute Gasteiger partial charge is 0.491 e. The van der Waals surface area contributed by atoms with Crippen LogP contribution in [0.25, 0.3) is 11.1 Å². The highest BCUT2D eigenvalue weighted by Crippen LogP contribution is 2.35. The summed E-state index contributed by atoms with van der Waals surface area (Å²) in [5.41, 5.74) is 5.41. The molecule has 4 aromatic carbocycles. The van der Waals surface area contributed by atoms with E-state index in [0.29, 0.717) is 5.75 Å². The van der Waals surface area contributed by atoms with Crippen LogP contribution in [0.5, 0.6) is 5.75 Å². The third kappa shape index (κ3) is 4.46. The second-order valence-corrected chi connectivity index (χ2v) is 6.62. The van der Waals surface area contributed by atoms with Gasteiger partial charge in [-0.05, 0) is 59.7 Å². The molecule has 0 aromatic heterocycles. The summed E-state index contributed by atoms with van der Waals surface area (Å²) < 4.78 is 17.8. The van der Waals surface area contributed by atoms with E-state index in [1.807, 2.05) is 60.7 Å². The second-order valence-electron chi connectivity index (χ2n) is 6.62. The molecule has 0 amide bonds. The SMILES string of the molecule is FCCOc1cccc(-c2ccc(N(c3ccccc3)c3ccccc3)cc2)c1. The Morgan fingerprint density at radius 2 is 1.17 bits per heavy atom. The van der Waals surface area contributed by atoms with Gasteiger partial charge < -0.3 is 9.64 Å². The molecular formula is C26H22FNO. The molecule has 0 aliphatic rings. The highest BCUT2D eigenvalue weighted by Gasteiger charge is 2.12. The first-order chi connectivity index (χ1) is 14.3. The van der Waals surface area contributed by atoms with Gasteiger partial charge in [0.1, 0.15) is 19.0 Å². The molecule has 0 aliphatic carbocycles. The number of halogens is 1. The number of rotatable bonds is 7. The van der Waals surface area contributed by atoms with Crippen LogP contribution in [0, 0.1) is 0 Å². The molecule has 3 heteroatoms. The minimum atomic E-state index is -0.492. The first-order valence-electron chi connectivity index (χ1n) is 9.64. The van der Waals surface area contributed by atoms with Gasteiger partial charge in [0, 0.05) is 17.1 Å². The molecule has 0 bridgehead atoms. The van der Waals surface area contributed by atoms with Crippen molar-refractivity contribution in [2.24, 2.45) is 0 Å². The predicted molar refractivity (Wildman–Crippen MR) is 118 cm³/mol. The standard InChI is InChI=1S/C26H22FNO/c27-18-19-29-26-13-7-8-22(20-26)21-14-16-25(17-15-21)28(23-9-3-1-4-10-23)24-11-5-2-6-12-24/h1-17,20H,18-19H2. The van der Waals surface area contributed by atoms with E-state index in [9.17, 15) is 4.39 Å². The first kappa shape index (κ1) is 18.8. The first-order valence-corrected chi connectivity index (χ1v) is 9.64. The number of hydrogen-bond acceptors (Lipinski definition) is 2. The summed E-state index contributed by atoms with van der Waals surface area (Å²) in [6.07, 6.45) is 0. The van der Waals surface area contributed by atoms with Crippen LogP contribution in [0.2, 0.25) is 0 Å². The van der Waals surface area contributed by atoms with Crippen molar-refractivity contribution in [3.8, 4) is 16.9 Å². The Balaban J connectivity index is 1.66. The number of para-hydroxylation sites is 2. The van der Waals surface area contributed by atoms with E-state index in [4.69, 9.17) is 4.74 Å². The normalized spacial score (nSPS) is 10.5. The van der Waals surface area contributed by atoms with Crippen LogP contribution in [-0.4, -0.2) is 13.3 Å². The van der Waals surface area contributed by atoms with Crippen molar-refractivity contribution < 1.29 is 9.13 Å². The van der Waals surface area contributed by atoms with E-state index in [0.717, 1.165) is 28.2 Å². The van der Waals surface area contributed by atoms with E-state index in [1.54, 1.807) is 0 Å². The van der Waals surface area contributed by atoms with Crippen LogP contribution >= 0.6 is 0 Å². The Morgan fingerprint density at radius 3 is 1.76 bits per heavy atom. The van der Waals surface area contributed by atoms with Crippen LogP contribution in [0.4, 0.5) is 21.5 Å². The zero-order valence-corrected chi connectivity index (χ0v) is 16.0. The molecule has 29 heavy (non-hydrogen) atoms. The predicted octanol–water partition coefficient (Wildman–Crippen LogP) is 7.17. The average Bonchev–Trinajstić information content (AvgIpc) is 2.80. The van der Waals surface area contributed by atoms with E-state index < -0.39 is 6.67 Å². The van der Waals surface area contributed by atoms with Gasteiger partial charge in [-0.1, -0.05) is 60.7 Å². The highest BCUT2D eigenvalue weighted by atomic mass is 19.1. The molecule has 0 fully saturated rings. The summed E-state index contributed by atoms with van der Waals surface area (Å²) in [6.45, 7) is -0.417. The minimum absolute atomic E-state index is 0.0749. The third-order valence-corrected chi connectivity index (χ3v) is 4.67. The number of alkyl halides is 1. The lowest BCUT2D eigenvalue weighted by molar-refractivity contribution is 0.273. The molecule has 4 rings (SSSR count). The van der Waals surface area contributed by atoms with E-state index in [-0.39, 0.29) is 6.61 Å². The Bertz CT molecular complexity index is 994. The zero-order valence-electron chi connectivity index (χ0n) is 16.0. The van der Waals surface area contributed by atoms with Crippen LogP contribution in [-0.2, 0) is 0 Å². The van der Waals surface area contributed by atoms with Gasteiger partial charge in [-0.15, -0.1) is 0 Å². The Labute approximate surface area is 170 Å². The maximum atomic E-state index is 12.4. The van der Waals surface area contributed by atoms with Gasteiger partial charge in [-0.25, -0.2) is 4.39 Å². The third-order valence-electron chi connectivity index (χ3n) is 4.67. The summed E-state index contributed by atoms with van der Waals surface area (Å²) >= 11 is 0. The topological polar surface area (TPSA) is 12.5 Å². The lowest BCUT2D eigenvalue weighted by atomic mass is 10.0. The lowest BCUT2D eigenvalue weighted by Crippen LogP contribution is -2.09. The molecule has 0 radical (unpaired) electrons. The molecule has 4 aromatic rings. The molecule has 0 unspecified atom stereocenters. The molecule has 2 nitrogen and oxygen atoms in total. The number of anilines is 3. The highest BCUT2D eigenvalue weighted by molar-refractivity contribution is 5.78. The minimum Gasteiger partial charge on any atom is -0.491 e. The second kappa shape index (κ2) is 9.07. The van der Waals surface area contributed by atoms with Crippen molar-refractivity contribution in [2.45, 2.75) is 0 Å². The van der Waals surface area contributed by atoms with E-state index >= 15 is 0 Å². The molecule has 0 saturated heterocycles. The van der Waals surface area contributed by atoms with Crippen LogP contribution in [0.1, 0.15) is 0 Å². The fourth-order valence-electron chi connectivity index (χ4n) is 3.33. The van der Waals surface area contributed by atoms with Crippen molar-refractivity contribution >= 4 is 17.1 Å². The van der Waals surface area contributed by atoms with Gasteiger partial charge in [0.2, 0.25) is 0 Å². The fraction of sp³-hybridized carbons (Fsp3) is 0.0769. The van der Waals surface area contributed by atoms with E-state index in [2.05, 4.69) is 53.4 Å². The molecule has 0 N–H and O–H groups in total. The smallest absolute Gasteiger partial charge is 0.123 e. The Kier molecular flexibility index (Phi) is 5.87. The van der Waals surface area contributed by atoms with Crippen molar-refractivity contribution in [1.29, 1.82) is 0 Å². The van der Waals surface area contributed by atoms with Gasteiger partial charge in [-0.2, -0.15) is 0 Å². The van der Waals surface area contributed by atoms with Crippen molar-refractivity contribution in [1.82, 2.24) is 0 Å². The molecule has 0 spiro atoms. The fourth-order valence-corrected chi connectivity index (χ4v) is 3.33. The Hall–Kier alpha value is -3.59. The summed E-state index contributed by atoms with van der Waals surface area (Å²) in [5.74, 6) is 0.680. The van der Waals surface area contributed by atoms with Gasteiger partial charge in [-0.3, -0.25) is 0 Å². The quantitative estimate of drug-likeness (QED) is 0.335. The average molecular weight is 383 g/mol. The summed E-state index contributed by atoms with van der Waals surface area (Å²) in [7, 11) is 0. The number of nitrogens with zero attached hydrogens (tertiary/aromatic N) is 1. The number of benzene rings is 4. The molecule has 0 aliphatic heterocycles. The lowest BCUT2D eigenvalue weighted by Gasteiger charge is -2.25. The Morgan fingerprint density at radius 1 is 0.586 bits per heavy atom. The van der Waals surface area contributed by atoms with Crippen molar-refractivity contribution in [3.63, 3.8) is 0 Å². The van der Waals surface area contributed by atoms with E-state index in [1.165, 1.54) is 0 Å². The molecule has 0 saturated carbocycles. The maximum Gasteiger partial charge on any atom is 0.123 e. The zero-order chi connectivity index (χ0) is 19.9. The van der Waals surface area contributed by atoms with Crippen LogP contribution in [0.3, 0.4) is 0 Å². The molecule has 0 heterocycles. The van der Waals surface area contributed by atoms with Crippen molar-refractivity contribution in [3.05, 3.63) is 109 Å². The molecular weight excluding hydrogens is 361 g/mol. The maximum absolute atomic E-state index is 12.4. The molecule has 144 valence electrons. The van der Waals surface area contributed by atoms with Crippen LogP contribution in [0.15, 0.2) is 109 Å².